The maximum Gasteiger partial charge on any atom is 0.416 e. The predicted molar refractivity (Wildman–Crippen MR) is 188 cm³/mol. The molecule has 2 heterocycles. The second kappa shape index (κ2) is 14.5. The summed E-state index contributed by atoms with van der Waals surface area (Å²) in [6.45, 7) is 3.87. The first-order chi connectivity index (χ1) is 24.7. The summed E-state index contributed by atoms with van der Waals surface area (Å²) < 4.78 is 45.2. The highest BCUT2D eigenvalue weighted by Gasteiger charge is 2.37. The Balaban J connectivity index is 1.18. The van der Waals surface area contributed by atoms with Crippen LogP contribution in [0.2, 0.25) is 5.02 Å². The smallest absolute Gasteiger partial charge is 0.416 e. The molecule has 1 aliphatic heterocycles. The average molecular weight is 725 g/mol. The van der Waals surface area contributed by atoms with Crippen molar-refractivity contribution in [3.05, 3.63) is 153 Å². The van der Waals surface area contributed by atoms with Gasteiger partial charge in [0.2, 0.25) is 0 Å². The molecule has 12 heteroatoms. The average Bonchev–Trinajstić information content (AvgIpc) is 3.70. The van der Waals surface area contributed by atoms with E-state index in [1.807, 2.05) is 13.8 Å². The third-order valence-corrected chi connectivity index (χ3v) is 9.31. The van der Waals surface area contributed by atoms with Gasteiger partial charge in [-0.05, 0) is 98.1 Å². The van der Waals surface area contributed by atoms with E-state index >= 15 is 0 Å². The van der Waals surface area contributed by atoms with E-state index in [0.717, 1.165) is 22.6 Å². The Hall–Kier alpha value is -5.70. The lowest BCUT2D eigenvalue weighted by Crippen LogP contribution is -2.47. The first-order valence-electron chi connectivity index (χ1n) is 16.3. The van der Waals surface area contributed by atoms with Crippen molar-refractivity contribution in [3.8, 4) is 17.4 Å². The number of hydrogen-bond acceptors (Lipinski definition) is 6. The number of fused-ring (bicyclic) bond motifs is 1. The molecule has 2 N–H and O–H groups in total. The second-order valence-electron chi connectivity index (χ2n) is 13.0. The summed E-state index contributed by atoms with van der Waals surface area (Å²) in [6.07, 6.45) is -4.17. The number of carbonyl (C=O) groups is 3. The first kappa shape index (κ1) is 36.1. The van der Waals surface area contributed by atoms with Crippen molar-refractivity contribution in [2.45, 2.75) is 44.6 Å². The number of furan rings is 1. The normalized spacial score (nSPS) is 13.5. The number of imide groups is 1. The molecule has 0 saturated carbocycles. The number of alkyl halides is 3. The Kier molecular flexibility index (Phi) is 10.1. The van der Waals surface area contributed by atoms with Gasteiger partial charge < -0.3 is 15.1 Å². The highest BCUT2D eigenvalue weighted by molar-refractivity contribution is 6.34. The Morgan fingerprint density at radius 2 is 1.52 bits per heavy atom. The molecular formula is C40H32ClF3N4O4. The third kappa shape index (κ3) is 7.78. The number of amides is 3. The number of nitrogens with zero attached hydrogens (tertiary/aromatic N) is 2. The monoisotopic (exact) mass is 724 g/mol. The van der Waals surface area contributed by atoms with Crippen LogP contribution in [0.1, 0.15) is 72.9 Å². The molecule has 0 radical (unpaired) electrons. The Labute approximate surface area is 302 Å². The van der Waals surface area contributed by atoms with Crippen LogP contribution >= 0.6 is 11.6 Å². The Morgan fingerprint density at radius 1 is 0.885 bits per heavy atom. The summed E-state index contributed by atoms with van der Waals surface area (Å²) in [4.78, 5) is 41.3. The topological polar surface area (TPSA) is 115 Å². The summed E-state index contributed by atoms with van der Waals surface area (Å²) in [6, 6.07) is 28.1. The summed E-state index contributed by atoms with van der Waals surface area (Å²) >= 11 is 6.52. The fourth-order valence-corrected chi connectivity index (χ4v) is 6.22. The molecule has 0 bridgehead atoms. The number of halogens is 4. The largest absolute Gasteiger partial charge is 0.460 e. The molecular weight excluding hydrogens is 693 g/mol. The quantitative estimate of drug-likeness (QED) is 0.133. The molecule has 1 aliphatic rings. The minimum atomic E-state index is -4.42. The van der Waals surface area contributed by atoms with E-state index in [0.29, 0.717) is 39.3 Å². The van der Waals surface area contributed by atoms with Gasteiger partial charge in [0.1, 0.15) is 11.5 Å². The van der Waals surface area contributed by atoms with Gasteiger partial charge in [-0.15, -0.1) is 0 Å². The van der Waals surface area contributed by atoms with E-state index in [9.17, 15) is 32.8 Å². The van der Waals surface area contributed by atoms with Gasteiger partial charge in [0.15, 0.2) is 0 Å². The number of rotatable bonds is 11. The molecule has 0 fully saturated rings. The Morgan fingerprint density at radius 3 is 2.13 bits per heavy atom. The number of hydrogen-bond donors (Lipinski definition) is 2. The first-order valence-corrected chi connectivity index (χ1v) is 16.7. The van der Waals surface area contributed by atoms with Crippen molar-refractivity contribution >= 4 is 29.3 Å². The fraction of sp³-hybridized carbons (Fsp3) is 0.200. The molecule has 0 spiro atoms. The maximum atomic E-state index is 13.8. The zero-order chi connectivity index (χ0) is 37.2. The van der Waals surface area contributed by atoms with Crippen LogP contribution in [-0.4, -0.2) is 35.2 Å². The lowest BCUT2D eigenvalue weighted by atomic mass is 9.93. The van der Waals surface area contributed by atoms with Gasteiger partial charge in [-0.3, -0.25) is 19.3 Å². The summed E-state index contributed by atoms with van der Waals surface area (Å²) in [5.74, 6) is -0.431. The van der Waals surface area contributed by atoms with Crippen molar-refractivity contribution in [3.63, 3.8) is 0 Å². The van der Waals surface area contributed by atoms with E-state index < -0.39 is 41.0 Å². The highest BCUT2D eigenvalue weighted by atomic mass is 35.5. The van der Waals surface area contributed by atoms with Gasteiger partial charge in [-0.2, -0.15) is 18.4 Å². The van der Waals surface area contributed by atoms with Crippen LogP contribution in [0, 0.1) is 11.3 Å². The lowest BCUT2D eigenvalue weighted by molar-refractivity contribution is -0.137. The third-order valence-electron chi connectivity index (χ3n) is 8.98. The van der Waals surface area contributed by atoms with Gasteiger partial charge in [0, 0.05) is 17.6 Å². The van der Waals surface area contributed by atoms with Gasteiger partial charge in [-0.25, -0.2) is 0 Å². The van der Waals surface area contributed by atoms with Crippen LogP contribution in [0.25, 0.3) is 11.3 Å². The van der Waals surface area contributed by atoms with Crippen LogP contribution in [0.3, 0.4) is 0 Å². The van der Waals surface area contributed by atoms with Crippen LogP contribution in [-0.2, 0) is 24.7 Å². The van der Waals surface area contributed by atoms with E-state index in [-0.39, 0.29) is 30.1 Å². The summed E-state index contributed by atoms with van der Waals surface area (Å²) in [5.41, 5.74) is 1.81. The molecule has 1 aromatic heterocycles. The van der Waals surface area contributed by atoms with Gasteiger partial charge in [0.25, 0.3) is 17.7 Å². The van der Waals surface area contributed by atoms with Gasteiger partial charge >= 0.3 is 6.18 Å². The van der Waals surface area contributed by atoms with E-state index in [1.54, 1.807) is 78.9 Å². The molecule has 0 unspecified atom stereocenters. The van der Waals surface area contributed by atoms with E-state index in [1.165, 1.54) is 12.1 Å². The molecule has 52 heavy (non-hydrogen) atoms. The molecule has 5 aromatic rings. The number of nitriles is 1. The van der Waals surface area contributed by atoms with Crippen molar-refractivity contribution in [2.75, 3.05) is 6.54 Å². The second-order valence-corrected chi connectivity index (χ2v) is 13.4. The van der Waals surface area contributed by atoms with Crippen molar-refractivity contribution in [1.82, 2.24) is 15.5 Å². The number of nitrogens with one attached hydrogen (secondary N) is 2. The summed E-state index contributed by atoms with van der Waals surface area (Å²) in [7, 11) is 0. The van der Waals surface area contributed by atoms with Crippen LogP contribution in [0.15, 0.2) is 108 Å². The predicted octanol–water partition coefficient (Wildman–Crippen LogP) is 8.15. The Bertz CT molecular complexity index is 2150. The molecule has 0 saturated heterocycles. The molecule has 0 aliphatic carbocycles. The van der Waals surface area contributed by atoms with Gasteiger partial charge in [0.05, 0.1) is 51.5 Å². The van der Waals surface area contributed by atoms with Crippen LogP contribution < -0.4 is 10.6 Å². The molecule has 3 amide bonds. The number of carbonyl (C=O) groups excluding carboxylic acids is 3. The zero-order valence-electron chi connectivity index (χ0n) is 28.1. The minimum Gasteiger partial charge on any atom is -0.460 e. The van der Waals surface area contributed by atoms with Crippen molar-refractivity contribution < 1.29 is 32.0 Å². The maximum absolute atomic E-state index is 13.8. The van der Waals surface area contributed by atoms with Gasteiger partial charge in [-0.1, -0.05) is 48.0 Å². The van der Waals surface area contributed by atoms with Crippen molar-refractivity contribution in [2.24, 2.45) is 0 Å². The van der Waals surface area contributed by atoms with Crippen LogP contribution in [0.5, 0.6) is 0 Å². The zero-order valence-corrected chi connectivity index (χ0v) is 28.8. The van der Waals surface area contributed by atoms with Crippen molar-refractivity contribution in [1.29, 1.82) is 5.26 Å². The molecule has 6 rings (SSSR count). The van der Waals surface area contributed by atoms with E-state index in [2.05, 4.69) is 16.7 Å². The standard InChI is InChI=1S/C40H32ClF3N4O4/c1-39(2,27-12-14-28(15-13-27)40(42,43)44)46-22-30-16-18-35(52-30)26-11-17-34(41)33(20-26)36(49)47-29(19-24-7-9-25(21-45)10-8-24)23-48-37(50)31-5-3-4-6-32(31)38(48)51/h3-18,20,29,46H,19,22-23H2,1-2H3,(H,47,49)/t29-/m1/s1. The lowest BCUT2D eigenvalue weighted by Gasteiger charge is -2.27. The molecule has 8 nitrogen and oxygen atoms in total. The SMILES string of the molecule is CC(C)(NCc1ccc(-c2ccc(Cl)c(C(=O)N[C@H](Cc3ccc(C#N)cc3)CN3C(=O)c4ccccc4C3=O)c2)o1)c1ccc(C(F)(F)F)cc1. The van der Waals surface area contributed by atoms with E-state index in [4.69, 9.17) is 16.0 Å². The van der Waals surface area contributed by atoms with Crippen LogP contribution in [0.4, 0.5) is 13.2 Å². The molecule has 1 atom stereocenters. The fourth-order valence-electron chi connectivity index (χ4n) is 6.02. The summed E-state index contributed by atoms with van der Waals surface area (Å²) in [5, 5.41) is 15.7. The highest BCUT2D eigenvalue weighted by Crippen LogP contribution is 2.32. The molecule has 264 valence electrons. The molecule has 4 aromatic carbocycles. The minimum absolute atomic E-state index is 0.104. The number of benzene rings is 4.